The highest BCUT2D eigenvalue weighted by Gasteiger charge is 2.13. The monoisotopic (exact) mass is 396 g/mol. The van der Waals surface area contributed by atoms with Crippen molar-refractivity contribution in [1.82, 2.24) is 0 Å². The van der Waals surface area contributed by atoms with E-state index in [0.717, 1.165) is 4.47 Å². The van der Waals surface area contributed by atoms with Gasteiger partial charge in [-0.25, -0.2) is 0 Å². The Hall–Kier alpha value is -1.85. The van der Waals surface area contributed by atoms with E-state index in [-0.39, 0.29) is 12.4 Å². The average Bonchev–Trinajstić information content (AvgIpc) is 2.53. The van der Waals surface area contributed by atoms with Crippen molar-refractivity contribution in [3.63, 3.8) is 0 Å². The largest absolute Gasteiger partial charge is 0.466 e. The molecule has 23 heavy (non-hydrogen) atoms. The minimum atomic E-state index is -0.358. The van der Waals surface area contributed by atoms with Gasteiger partial charge in [-0.05, 0) is 36.8 Å². The van der Waals surface area contributed by atoms with Crippen molar-refractivity contribution in [2.75, 3.05) is 6.61 Å². The highest BCUT2D eigenvalue weighted by Crippen LogP contribution is 2.34. The lowest BCUT2D eigenvalue weighted by Gasteiger charge is -2.12. The maximum atomic E-state index is 11.6. The fourth-order valence-corrected chi connectivity index (χ4v) is 2.57. The summed E-state index contributed by atoms with van der Waals surface area (Å²) in [6, 6.07) is 10.2. The molecular formula is C17H14BrClO4. The third-order valence-electron chi connectivity index (χ3n) is 3.00. The van der Waals surface area contributed by atoms with Crippen LogP contribution >= 0.6 is 27.5 Å². The second-order valence-corrected chi connectivity index (χ2v) is 5.91. The number of carbonyl (C=O) groups is 2. The highest BCUT2D eigenvalue weighted by atomic mass is 79.9. The fourth-order valence-electron chi connectivity index (χ4n) is 1.96. The fraction of sp³-hybridized carbons (Fsp3) is 0.176. The number of benzene rings is 2. The molecule has 0 aliphatic carbocycles. The van der Waals surface area contributed by atoms with E-state index in [1.54, 1.807) is 43.3 Å². The van der Waals surface area contributed by atoms with Crippen molar-refractivity contribution in [2.45, 2.75) is 13.3 Å². The van der Waals surface area contributed by atoms with Crippen molar-refractivity contribution in [3.8, 4) is 11.5 Å². The first-order valence-corrected chi connectivity index (χ1v) is 8.07. The zero-order valence-corrected chi connectivity index (χ0v) is 14.7. The first-order chi connectivity index (χ1) is 11.0. The molecule has 2 rings (SSSR count). The summed E-state index contributed by atoms with van der Waals surface area (Å²) in [6.45, 7) is 2.06. The standard InChI is InChI=1S/C17H14BrClO4/c1-2-22-16(21)9-11-4-3-5-15(17(11)19)23-14-7-6-13(18)8-12(14)10-20/h3-8,10H,2,9H2,1H3. The van der Waals surface area contributed by atoms with Crippen LogP contribution in [-0.4, -0.2) is 18.9 Å². The number of ether oxygens (including phenoxy) is 2. The van der Waals surface area contributed by atoms with Gasteiger partial charge < -0.3 is 9.47 Å². The molecule has 0 N–H and O–H groups in total. The molecule has 2 aromatic rings. The minimum absolute atomic E-state index is 0.0603. The van der Waals surface area contributed by atoms with E-state index in [0.29, 0.717) is 40.5 Å². The van der Waals surface area contributed by atoms with Crippen molar-refractivity contribution in [1.29, 1.82) is 0 Å². The Morgan fingerprint density at radius 1 is 1.26 bits per heavy atom. The Balaban J connectivity index is 2.27. The van der Waals surface area contributed by atoms with E-state index in [1.165, 1.54) is 0 Å². The second kappa shape index (κ2) is 8.13. The molecule has 0 saturated carbocycles. The molecule has 0 amide bonds. The summed E-state index contributed by atoms with van der Waals surface area (Å²) in [5.41, 5.74) is 0.999. The molecule has 2 aromatic carbocycles. The van der Waals surface area contributed by atoms with Crippen LogP contribution in [0.2, 0.25) is 5.02 Å². The Bertz CT molecular complexity index is 731. The molecule has 0 aliphatic heterocycles. The third-order valence-corrected chi connectivity index (χ3v) is 3.92. The molecule has 0 atom stereocenters. The van der Waals surface area contributed by atoms with Gasteiger partial charge in [0.2, 0.25) is 0 Å². The lowest BCUT2D eigenvalue weighted by Crippen LogP contribution is -2.08. The van der Waals surface area contributed by atoms with Gasteiger partial charge in [0.05, 0.1) is 23.6 Å². The van der Waals surface area contributed by atoms with E-state index in [4.69, 9.17) is 21.1 Å². The normalized spacial score (nSPS) is 10.2. The van der Waals surface area contributed by atoms with Gasteiger partial charge in [-0.15, -0.1) is 0 Å². The smallest absolute Gasteiger partial charge is 0.310 e. The van der Waals surface area contributed by atoms with Gasteiger partial charge in [0.15, 0.2) is 6.29 Å². The van der Waals surface area contributed by atoms with Gasteiger partial charge in [0.25, 0.3) is 0 Å². The Morgan fingerprint density at radius 3 is 2.74 bits per heavy atom. The molecule has 0 saturated heterocycles. The maximum Gasteiger partial charge on any atom is 0.310 e. The zero-order valence-electron chi connectivity index (χ0n) is 12.3. The first kappa shape index (κ1) is 17.5. The van der Waals surface area contributed by atoms with Crippen LogP contribution in [0.3, 0.4) is 0 Å². The predicted octanol–water partition coefficient (Wildman–Crippen LogP) is 4.81. The predicted molar refractivity (Wildman–Crippen MR) is 91.4 cm³/mol. The van der Waals surface area contributed by atoms with Gasteiger partial charge in [0.1, 0.15) is 11.5 Å². The molecule has 0 heterocycles. The zero-order chi connectivity index (χ0) is 16.8. The van der Waals surface area contributed by atoms with Crippen LogP contribution in [0.4, 0.5) is 0 Å². The van der Waals surface area contributed by atoms with E-state index >= 15 is 0 Å². The Labute approximate surface area is 147 Å². The SMILES string of the molecule is CCOC(=O)Cc1cccc(Oc2ccc(Br)cc2C=O)c1Cl. The number of hydrogen-bond acceptors (Lipinski definition) is 4. The molecule has 0 bridgehead atoms. The van der Waals surface area contributed by atoms with Crippen molar-refractivity contribution in [3.05, 3.63) is 57.0 Å². The van der Waals surface area contributed by atoms with Crippen LogP contribution in [-0.2, 0) is 16.0 Å². The Kier molecular flexibility index (Phi) is 6.19. The summed E-state index contributed by atoms with van der Waals surface area (Å²) in [5, 5.41) is 0.320. The van der Waals surface area contributed by atoms with Gasteiger partial charge in [-0.2, -0.15) is 0 Å². The molecule has 0 radical (unpaired) electrons. The third kappa shape index (κ3) is 4.56. The average molecular weight is 398 g/mol. The summed E-state index contributed by atoms with van der Waals surface area (Å²) in [5.74, 6) is 0.404. The quantitative estimate of drug-likeness (QED) is 0.518. The van der Waals surface area contributed by atoms with Crippen molar-refractivity contribution >= 4 is 39.8 Å². The van der Waals surface area contributed by atoms with Gasteiger partial charge in [-0.3, -0.25) is 9.59 Å². The van der Waals surface area contributed by atoms with Crippen LogP contribution in [0, 0.1) is 0 Å². The molecule has 0 spiro atoms. The van der Waals surface area contributed by atoms with E-state index in [1.807, 2.05) is 0 Å². The van der Waals surface area contributed by atoms with E-state index in [9.17, 15) is 9.59 Å². The van der Waals surface area contributed by atoms with Crippen LogP contribution in [0.5, 0.6) is 11.5 Å². The van der Waals surface area contributed by atoms with Crippen molar-refractivity contribution < 1.29 is 19.1 Å². The number of aldehydes is 1. The number of esters is 1. The molecule has 0 aromatic heterocycles. The maximum absolute atomic E-state index is 11.6. The number of rotatable bonds is 6. The Morgan fingerprint density at radius 2 is 2.04 bits per heavy atom. The molecule has 0 aliphatic rings. The minimum Gasteiger partial charge on any atom is -0.466 e. The molecule has 0 unspecified atom stereocenters. The molecule has 120 valence electrons. The number of hydrogen-bond donors (Lipinski definition) is 0. The number of halogens is 2. The summed E-state index contributed by atoms with van der Waals surface area (Å²) < 4.78 is 11.4. The summed E-state index contributed by atoms with van der Waals surface area (Å²) in [4.78, 5) is 22.7. The molecule has 0 fully saturated rings. The van der Waals surface area contributed by atoms with Crippen molar-refractivity contribution in [2.24, 2.45) is 0 Å². The van der Waals surface area contributed by atoms with Crippen LogP contribution in [0.1, 0.15) is 22.8 Å². The van der Waals surface area contributed by atoms with Gasteiger partial charge in [-0.1, -0.05) is 39.7 Å². The molecule has 4 nitrogen and oxygen atoms in total. The summed E-state index contributed by atoms with van der Waals surface area (Å²) in [7, 11) is 0. The van der Waals surface area contributed by atoms with Crippen LogP contribution in [0.25, 0.3) is 0 Å². The molecular weight excluding hydrogens is 384 g/mol. The van der Waals surface area contributed by atoms with Crippen LogP contribution in [0.15, 0.2) is 40.9 Å². The summed E-state index contributed by atoms with van der Waals surface area (Å²) >= 11 is 9.60. The molecule has 6 heteroatoms. The van der Waals surface area contributed by atoms with Gasteiger partial charge in [0, 0.05) is 4.47 Å². The lowest BCUT2D eigenvalue weighted by molar-refractivity contribution is -0.142. The van der Waals surface area contributed by atoms with E-state index in [2.05, 4.69) is 15.9 Å². The topological polar surface area (TPSA) is 52.6 Å². The lowest BCUT2D eigenvalue weighted by atomic mass is 10.1. The van der Waals surface area contributed by atoms with Gasteiger partial charge >= 0.3 is 5.97 Å². The van der Waals surface area contributed by atoms with Crippen LogP contribution < -0.4 is 4.74 Å². The second-order valence-electron chi connectivity index (χ2n) is 4.61. The van der Waals surface area contributed by atoms with E-state index < -0.39 is 0 Å². The first-order valence-electron chi connectivity index (χ1n) is 6.90. The highest BCUT2D eigenvalue weighted by molar-refractivity contribution is 9.10. The number of carbonyl (C=O) groups excluding carboxylic acids is 2. The summed E-state index contributed by atoms with van der Waals surface area (Å²) in [6.07, 6.45) is 0.765.